The summed E-state index contributed by atoms with van der Waals surface area (Å²) in [6.07, 6.45) is 9.72. The number of amides is 6. The Morgan fingerprint density at radius 2 is 0.952 bits per heavy atom. The Morgan fingerprint density at radius 3 is 1.29 bits per heavy atom. The topological polar surface area (TPSA) is 175 Å². The molecular weight excluding hydrogens is 580 g/mol. The van der Waals surface area contributed by atoms with Gasteiger partial charge in [-0.3, -0.25) is 28.8 Å². The van der Waals surface area contributed by atoms with Crippen LogP contribution < -0.4 is 31.9 Å². The van der Waals surface area contributed by atoms with E-state index in [-0.39, 0.29) is 11.8 Å². The average Bonchev–Trinajstić information content (AvgIpc) is 3.69. The maximum atomic E-state index is 12.3. The molecule has 0 heterocycles. The minimum absolute atomic E-state index is 0.332. The number of nitrogens with one attached hydrogen (secondary N) is 6. The summed E-state index contributed by atoms with van der Waals surface area (Å²) in [4.78, 5) is 73.2. The van der Waals surface area contributed by atoms with Crippen LogP contribution in [0.3, 0.4) is 0 Å². The van der Waals surface area contributed by atoms with Crippen LogP contribution in [-0.2, 0) is 28.8 Å². The molecule has 226 valence electrons. The van der Waals surface area contributed by atoms with Gasteiger partial charge in [-0.1, -0.05) is 33.7 Å². The largest absolute Gasteiger partial charge is 0.353 e. The van der Waals surface area contributed by atoms with E-state index in [9.17, 15) is 28.8 Å². The van der Waals surface area contributed by atoms with E-state index >= 15 is 0 Å². The Hall–Kier alpha value is -3.96. The number of allylic oxidation sites excluding steroid dienone is 2. The zero-order valence-corrected chi connectivity index (χ0v) is 25.5. The van der Waals surface area contributed by atoms with Crippen molar-refractivity contribution in [3.63, 3.8) is 0 Å². The van der Waals surface area contributed by atoms with Crippen molar-refractivity contribution in [3.8, 4) is 0 Å². The second kappa shape index (κ2) is 17.8. The first kappa shape index (κ1) is 34.2. The Bertz CT molecular complexity index is 1170. The number of carbonyl (C=O) groups excluding carboxylic acids is 6. The molecule has 0 aromatic carbocycles. The monoisotopic (exact) mass is 616 g/mol. The van der Waals surface area contributed by atoms with E-state index in [2.05, 4.69) is 43.4 Å². The summed E-state index contributed by atoms with van der Waals surface area (Å²) in [6.45, 7) is 6.93. The summed E-state index contributed by atoms with van der Waals surface area (Å²) in [5.41, 5.74) is 6.18. The van der Waals surface area contributed by atoms with Gasteiger partial charge in [0.1, 0.15) is 24.2 Å². The maximum Gasteiger partial charge on any atom is 0.259 e. The van der Waals surface area contributed by atoms with E-state index in [0.29, 0.717) is 35.7 Å². The van der Waals surface area contributed by atoms with Crippen molar-refractivity contribution in [3.05, 3.63) is 59.1 Å². The molecule has 0 aliphatic heterocycles. The van der Waals surface area contributed by atoms with Crippen molar-refractivity contribution >= 4 is 57.0 Å². The molecule has 6 amide bonds. The maximum absolute atomic E-state index is 12.3. The molecule has 42 heavy (non-hydrogen) atoms. The fourth-order valence-corrected chi connectivity index (χ4v) is 5.10. The molecule has 0 aromatic rings. The zero-order valence-electron chi connectivity index (χ0n) is 23.9. The van der Waals surface area contributed by atoms with Crippen molar-refractivity contribution in [1.82, 2.24) is 31.9 Å². The quantitative estimate of drug-likeness (QED) is 0.0748. The van der Waals surface area contributed by atoms with Gasteiger partial charge in [-0.05, 0) is 52.0 Å². The van der Waals surface area contributed by atoms with Crippen LogP contribution in [0, 0.1) is 0 Å². The predicted octanol–water partition coefficient (Wildman–Crippen LogP) is -0.0784. The van der Waals surface area contributed by atoms with Gasteiger partial charge in [0.15, 0.2) is 0 Å². The fourth-order valence-electron chi connectivity index (χ4n) is 3.29. The molecule has 0 aromatic heterocycles. The average molecular weight is 617 g/mol. The summed E-state index contributed by atoms with van der Waals surface area (Å²) in [5, 5.41) is 15.8. The minimum atomic E-state index is -0.825. The van der Waals surface area contributed by atoms with Gasteiger partial charge in [-0.2, -0.15) is 0 Å². The minimum Gasteiger partial charge on any atom is -0.353 e. The first-order valence-electron chi connectivity index (χ1n) is 13.3. The summed E-state index contributed by atoms with van der Waals surface area (Å²) in [5.74, 6) is -1.29. The third-order valence-electron chi connectivity index (χ3n) is 5.72. The first-order chi connectivity index (χ1) is 20.0. The molecule has 0 saturated heterocycles. The van der Waals surface area contributed by atoms with E-state index in [1.54, 1.807) is 50.3 Å². The van der Waals surface area contributed by atoms with E-state index in [4.69, 9.17) is 0 Å². The smallest absolute Gasteiger partial charge is 0.259 e. The third-order valence-corrected chi connectivity index (χ3v) is 8.13. The van der Waals surface area contributed by atoms with Gasteiger partial charge in [0.25, 0.3) is 11.8 Å². The van der Waals surface area contributed by atoms with Gasteiger partial charge in [-0.15, -0.1) is 11.5 Å². The van der Waals surface area contributed by atoms with Crippen molar-refractivity contribution in [2.24, 2.45) is 0 Å². The molecule has 6 N–H and O–H groups in total. The van der Waals surface area contributed by atoms with Crippen LogP contribution in [0.4, 0.5) is 0 Å². The second-order valence-electron chi connectivity index (χ2n) is 9.24. The lowest BCUT2D eigenvalue weighted by Crippen LogP contribution is -2.52. The number of carbonyl (C=O) groups is 6. The lowest BCUT2D eigenvalue weighted by atomic mass is 10.2. The fraction of sp³-hybridized carbons (Fsp3) is 0.429. The summed E-state index contributed by atoms with van der Waals surface area (Å²) < 4.78 is 0. The highest BCUT2D eigenvalue weighted by molar-refractivity contribution is 8.76. The lowest BCUT2D eigenvalue weighted by molar-refractivity contribution is -0.130. The zero-order chi connectivity index (χ0) is 31.1. The molecule has 0 unspecified atom stereocenters. The number of rotatable bonds is 17. The van der Waals surface area contributed by atoms with E-state index < -0.39 is 47.8 Å². The standard InChI is InChI=1S/C28H36N6O6S2/c1-17(31-25(37)19(3)33-27(39)21-9-5-6-10-21)23(35)29-13-15-41-42-16-14-30-24(36)18(2)32-26(38)20(4)34-28(40)22-11-7-8-12-22/h5-9,11,17-20H,13-16H2,1-4H3,(H,29,35)(H,30,36)(H,31,37)(H,32,38)(H,33,39)(H,34,40)/t17-,18-,19-,20-/m0/s1. The summed E-state index contributed by atoms with van der Waals surface area (Å²) >= 11 is 0. The van der Waals surface area contributed by atoms with E-state index in [1.165, 1.54) is 35.4 Å². The van der Waals surface area contributed by atoms with Crippen molar-refractivity contribution in [2.45, 2.75) is 51.9 Å². The molecule has 0 fully saturated rings. The highest BCUT2D eigenvalue weighted by Gasteiger charge is 2.23. The van der Waals surface area contributed by atoms with Crippen LogP contribution in [0.25, 0.3) is 0 Å². The third kappa shape index (κ3) is 11.9. The van der Waals surface area contributed by atoms with Crippen LogP contribution >= 0.6 is 21.6 Å². The summed E-state index contributed by atoms with van der Waals surface area (Å²) in [6, 6.07) is -3.21. The summed E-state index contributed by atoms with van der Waals surface area (Å²) in [7, 11) is 3.02. The Balaban J connectivity index is 1.52. The Morgan fingerprint density at radius 1 is 0.595 bits per heavy atom. The highest BCUT2D eigenvalue weighted by Crippen LogP contribution is 2.19. The second-order valence-corrected chi connectivity index (χ2v) is 11.9. The molecular formula is C28H36N6O6S2. The van der Waals surface area contributed by atoms with Crippen LogP contribution in [0.15, 0.2) is 59.1 Å². The van der Waals surface area contributed by atoms with Gasteiger partial charge in [-0.25, -0.2) is 0 Å². The van der Waals surface area contributed by atoms with Crippen LogP contribution in [0.1, 0.15) is 27.7 Å². The molecule has 2 aliphatic rings. The van der Waals surface area contributed by atoms with Gasteiger partial charge >= 0.3 is 0 Å². The number of hydrogen-bond donors (Lipinski definition) is 6. The van der Waals surface area contributed by atoms with Gasteiger partial charge in [0, 0.05) is 24.6 Å². The Labute approximate surface area is 252 Å². The van der Waals surface area contributed by atoms with Crippen LogP contribution in [-0.4, -0.2) is 84.2 Å². The van der Waals surface area contributed by atoms with Gasteiger partial charge < -0.3 is 31.9 Å². The Kier molecular flexibility index (Phi) is 14.5. The SMILES string of the molecule is C[C@H](NC(=O)C1=C=CC=C1)C(=O)N[C@@H](C)C(=O)NCCSSCCNC(=O)[C@H](C)NC(=O)[C@H](C)NC(=O)C1=C=CC=C1. The van der Waals surface area contributed by atoms with E-state index in [0.717, 1.165) is 0 Å². The molecule has 2 aliphatic carbocycles. The molecule has 12 nitrogen and oxygen atoms in total. The van der Waals surface area contributed by atoms with Gasteiger partial charge in [0.2, 0.25) is 23.6 Å². The lowest BCUT2D eigenvalue weighted by Gasteiger charge is -2.18. The van der Waals surface area contributed by atoms with Gasteiger partial charge in [0.05, 0.1) is 11.1 Å². The molecule has 0 spiro atoms. The predicted molar refractivity (Wildman–Crippen MR) is 163 cm³/mol. The van der Waals surface area contributed by atoms with Crippen molar-refractivity contribution < 1.29 is 28.8 Å². The van der Waals surface area contributed by atoms with E-state index in [1.807, 2.05) is 0 Å². The highest BCUT2D eigenvalue weighted by atomic mass is 33.1. The molecule has 2 rings (SSSR count). The molecule has 0 saturated carbocycles. The molecule has 4 atom stereocenters. The van der Waals surface area contributed by atoms with Crippen LogP contribution in [0.5, 0.6) is 0 Å². The molecule has 14 heteroatoms. The molecule has 0 bridgehead atoms. The van der Waals surface area contributed by atoms with Crippen molar-refractivity contribution in [2.75, 3.05) is 24.6 Å². The van der Waals surface area contributed by atoms with Crippen molar-refractivity contribution in [1.29, 1.82) is 0 Å². The molecule has 0 radical (unpaired) electrons. The number of hydrogen-bond acceptors (Lipinski definition) is 8. The first-order valence-corrected chi connectivity index (χ1v) is 15.8. The normalized spacial score (nSPS) is 15.5. The van der Waals surface area contributed by atoms with Crippen LogP contribution in [0.2, 0.25) is 0 Å².